The molecule has 30 valence electrons. The van der Waals surface area contributed by atoms with Gasteiger partial charge in [0, 0.05) is 27.3 Å². The maximum atomic E-state index is 6.00. The number of hydrazone groups is 1. The van der Waals surface area contributed by atoms with E-state index in [1.807, 2.05) is 0 Å². The Morgan fingerprint density at radius 2 is 2.17 bits per heavy atom. The van der Waals surface area contributed by atoms with Crippen molar-refractivity contribution in [2.75, 3.05) is 0 Å². The molecule has 0 saturated carbocycles. The molecule has 0 radical (unpaired) electrons. The molecule has 0 amide bonds. The number of nitrogens with zero attached hydrogens (tertiary/aromatic N) is 2. The zero-order valence-electron chi connectivity index (χ0n) is 3.26. The van der Waals surface area contributed by atoms with Gasteiger partial charge in [0.15, 0.2) is 6.34 Å². The molecule has 0 aromatic heterocycles. The van der Waals surface area contributed by atoms with Gasteiger partial charge >= 0.3 is 0 Å². The number of hydrogen-bond donors (Lipinski definition) is 2. The summed E-state index contributed by atoms with van der Waals surface area (Å²) in [5.41, 5.74) is 6.00. The predicted octanol–water partition coefficient (Wildman–Crippen LogP) is -0.0831. The summed E-state index contributed by atoms with van der Waals surface area (Å²) in [4.78, 5) is 0. The molecule has 3 N–H and O–H groups in total. The monoisotopic (exact) mass is 186 g/mol. The predicted molar refractivity (Wildman–Crippen MR) is 17.8 cm³/mol. The van der Waals surface area contributed by atoms with Gasteiger partial charge in [-0.2, -0.15) is 5.10 Å². The maximum Gasteiger partial charge on any atom is 0.156 e. The Morgan fingerprint density at radius 1 is 1.67 bits per heavy atom. The molecule has 4 nitrogen and oxygen atoms in total. The first-order valence-corrected chi connectivity index (χ1v) is 0.998. The van der Waals surface area contributed by atoms with Crippen molar-refractivity contribution in [3.05, 3.63) is 0 Å². The molecule has 0 unspecified atom stereocenters. The quantitative estimate of drug-likeness (QED) is 0.147. The van der Waals surface area contributed by atoms with Crippen molar-refractivity contribution in [2.24, 2.45) is 16.1 Å². The zero-order chi connectivity index (χ0) is 4.12. The van der Waals surface area contributed by atoms with Crippen molar-refractivity contribution in [3.63, 3.8) is 0 Å². The Bertz CT molecular complexity index is 49.5. The van der Waals surface area contributed by atoms with Crippen molar-refractivity contribution in [1.29, 1.82) is 5.53 Å². The van der Waals surface area contributed by atoms with Gasteiger partial charge in [0.25, 0.3) is 0 Å². The summed E-state index contributed by atoms with van der Waals surface area (Å²) < 4.78 is 0. The fraction of sp³-hybridized carbons (Fsp3) is 0. The minimum Gasteiger partial charge on any atom is -0.322 e. The third kappa shape index (κ3) is 9.01. The first-order valence-electron chi connectivity index (χ1n) is 0.998. The Hall–Kier alpha value is -0.00792. The van der Waals surface area contributed by atoms with E-state index in [1.54, 1.807) is 0 Å². The third-order valence-electron chi connectivity index (χ3n) is 0.124. The molecule has 0 aromatic rings. The molecule has 0 heterocycles. The van der Waals surface area contributed by atoms with Gasteiger partial charge in [-0.05, 0) is 0 Å². The van der Waals surface area contributed by atoms with Crippen molar-refractivity contribution >= 4 is 6.34 Å². The molecular weight excluding hydrogens is 180 g/mol. The van der Waals surface area contributed by atoms with E-state index in [4.69, 9.17) is 5.53 Å². The minimum atomic E-state index is 0. The molecule has 0 aromatic carbocycles. The first kappa shape index (κ1) is 9.37. The van der Waals surface area contributed by atoms with Crippen LogP contribution >= 0.6 is 0 Å². The van der Waals surface area contributed by atoms with Gasteiger partial charge in [0.05, 0.1) is 0 Å². The molecule has 0 aliphatic heterocycles. The van der Waals surface area contributed by atoms with Crippen LogP contribution < -0.4 is 5.84 Å². The van der Waals surface area contributed by atoms with Crippen molar-refractivity contribution < 1.29 is 27.3 Å². The van der Waals surface area contributed by atoms with Gasteiger partial charge < -0.3 is 5.84 Å². The Labute approximate surface area is 55.5 Å². The second kappa shape index (κ2) is 8.89. The SMILES string of the molecule is N=NC=NN.[Cd]. The second-order valence-electron chi connectivity index (χ2n) is 0.394. The zero-order valence-corrected chi connectivity index (χ0v) is 7.29. The van der Waals surface area contributed by atoms with Crippen molar-refractivity contribution in [3.8, 4) is 0 Å². The topological polar surface area (TPSA) is 74.6 Å². The van der Waals surface area contributed by atoms with Crippen molar-refractivity contribution in [2.45, 2.75) is 0 Å². The Balaban J connectivity index is 0. The largest absolute Gasteiger partial charge is 0.322 e. The number of rotatable bonds is 1. The summed E-state index contributed by atoms with van der Waals surface area (Å²) in [6, 6.07) is 0. The van der Waals surface area contributed by atoms with Crippen LogP contribution in [0, 0.1) is 5.53 Å². The van der Waals surface area contributed by atoms with E-state index < -0.39 is 0 Å². The number of nitrogens with one attached hydrogen (secondary N) is 1. The summed E-state index contributed by atoms with van der Waals surface area (Å²) in [6.45, 7) is 0. The minimum absolute atomic E-state index is 0. The van der Waals surface area contributed by atoms with E-state index in [1.165, 1.54) is 0 Å². The summed E-state index contributed by atoms with van der Waals surface area (Å²) in [5, 5.41) is 5.56. The molecule has 0 atom stereocenters. The van der Waals surface area contributed by atoms with Gasteiger partial charge in [-0.1, -0.05) is 0 Å². The molecule has 0 saturated heterocycles. The summed E-state index contributed by atoms with van der Waals surface area (Å²) in [7, 11) is 0. The maximum absolute atomic E-state index is 6.00. The van der Waals surface area contributed by atoms with Gasteiger partial charge in [-0.15, -0.1) is 5.11 Å². The smallest absolute Gasteiger partial charge is 0.156 e. The molecule has 0 aliphatic rings. The average molecular weight is 184 g/mol. The second-order valence-corrected chi connectivity index (χ2v) is 0.394. The number of hydrogen-bond acceptors (Lipinski definition) is 3. The fourth-order valence-corrected chi connectivity index (χ4v) is 0.0333. The van der Waals surface area contributed by atoms with Crippen LogP contribution in [0.15, 0.2) is 10.2 Å². The summed E-state index contributed by atoms with van der Waals surface area (Å²) >= 11 is 0. The molecule has 0 spiro atoms. The van der Waals surface area contributed by atoms with Gasteiger partial charge in [-0.3, -0.25) is 0 Å². The van der Waals surface area contributed by atoms with Crippen LogP contribution in [0.4, 0.5) is 0 Å². The number of nitrogens with two attached hydrogens (primary N) is 1. The van der Waals surface area contributed by atoms with E-state index in [-0.39, 0.29) is 27.3 Å². The molecule has 0 fully saturated rings. The van der Waals surface area contributed by atoms with Gasteiger partial charge in [0.2, 0.25) is 0 Å². The van der Waals surface area contributed by atoms with E-state index >= 15 is 0 Å². The Morgan fingerprint density at radius 3 is 2.17 bits per heavy atom. The van der Waals surface area contributed by atoms with E-state index in [2.05, 4.69) is 16.1 Å². The third-order valence-corrected chi connectivity index (χ3v) is 0.124. The molecule has 5 heteroatoms. The molecule has 0 bridgehead atoms. The summed E-state index contributed by atoms with van der Waals surface area (Å²) in [6.07, 6.45) is 0.944. The van der Waals surface area contributed by atoms with Crippen LogP contribution in [-0.2, 0) is 27.3 Å². The molecule has 0 rings (SSSR count). The van der Waals surface area contributed by atoms with Crippen LogP contribution in [-0.4, -0.2) is 6.34 Å². The Kier molecular flexibility index (Phi) is 13.9. The standard InChI is InChI=1S/CH4N4.Cd/c2-4-1-5-3;/h1-2H,3H2;. The first-order chi connectivity index (χ1) is 2.41. The van der Waals surface area contributed by atoms with E-state index in [0.29, 0.717) is 0 Å². The van der Waals surface area contributed by atoms with Crippen LogP contribution in [0.1, 0.15) is 0 Å². The van der Waals surface area contributed by atoms with Crippen LogP contribution in [0.2, 0.25) is 0 Å². The van der Waals surface area contributed by atoms with E-state index in [0.717, 1.165) is 6.34 Å². The molecule has 0 aliphatic carbocycles. The van der Waals surface area contributed by atoms with Crippen LogP contribution in [0.5, 0.6) is 0 Å². The normalized spacial score (nSPS) is 7.33. The van der Waals surface area contributed by atoms with Crippen LogP contribution in [0.25, 0.3) is 0 Å². The van der Waals surface area contributed by atoms with E-state index in [9.17, 15) is 0 Å². The van der Waals surface area contributed by atoms with Gasteiger partial charge in [0.1, 0.15) is 0 Å². The fourth-order valence-electron chi connectivity index (χ4n) is 0.0333. The summed E-state index contributed by atoms with van der Waals surface area (Å²) in [5.74, 6) is 4.49. The molecule has 6 heavy (non-hydrogen) atoms. The van der Waals surface area contributed by atoms with Crippen LogP contribution in [0.3, 0.4) is 0 Å². The van der Waals surface area contributed by atoms with Gasteiger partial charge in [-0.25, -0.2) is 5.53 Å². The average Bonchev–Trinajstić information content (AvgIpc) is 1.41. The molecular formula is CH4CdN4. The van der Waals surface area contributed by atoms with Crippen molar-refractivity contribution in [1.82, 2.24) is 0 Å².